The molecule has 2 aromatic rings. The number of aliphatic hydroxyl groups is 1. The fraction of sp³-hybridized carbons (Fsp3) is 0.435. The minimum Gasteiger partial charge on any atom is -0.400 e. The summed E-state index contributed by atoms with van der Waals surface area (Å²) in [5, 5.41) is 15.3. The molecule has 1 saturated heterocycles. The molecule has 2 N–H and O–H groups in total. The van der Waals surface area contributed by atoms with Crippen molar-refractivity contribution < 1.29 is 9.90 Å². The van der Waals surface area contributed by atoms with Crippen LogP contribution in [0.2, 0.25) is 0 Å². The highest BCUT2D eigenvalue weighted by atomic mass is 16.2. The van der Waals surface area contributed by atoms with E-state index in [0.717, 1.165) is 125 Å². The molecule has 0 atom stereocenters. The zero-order valence-electron chi connectivity index (χ0n) is 34.0. The van der Waals surface area contributed by atoms with E-state index in [4.69, 9.17) is 10.2 Å². The van der Waals surface area contributed by atoms with Crippen molar-refractivity contribution >= 4 is 18.1 Å². The highest BCUT2D eigenvalue weighted by Gasteiger charge is 2.16. The predicted octanol–water partition coefficient (Wildman–Crippen LogP) is 9.57. The first-order chi connectivity index (χ1) is 25.9. The van der Waals surface area contributed by atoms with E-state index in [0.29, 0.717) is 5.57 Å². The molecule has 2 aliphatic rings. The summed E-state index contributed by atoms with van der Waals surface area (Å²) in [7, 11) is 1.00. The summed E-state index contributed by atoms with van der Waals surface area (Å²) in [5.74, 6) is 0. The van der Waals surface area contributed by atoms with E-state index in [1.807, 2.05) is 37.6 Å². The molecular weight excluding hydrogens is 655 g/mol. The first kappa shape index (κ1) is 44.9. The molecule has 0 amide bonds. The molecule has 1 aromatic heterocycles. The monoisotopic (exact) mass is 722 g/mol. The minimum absolute atomic E-state index is 0.698. The summed E-state index contributed by atoms with van der Waals surface area (Å²) in [6.07, 6.45) is 25.8. The average molecular weight is 722 g/mol. The van der Waals surface area contributed by atoms with Crippen molar-refractivity contribution in [3.05, 3.63) is 125 Å². The molecule has 0 bridgehead atoms. The SMILES string of the molecule is C=C(/C=C(C1=CCNCC1)\C(C=O)=C/C)c1ccc(-c2cc(C)n(/C=C\C(=C/C)N3CCCN(CCC(/C=C\CC)=C/CC)CC3)n2)cc1.CC.CO. The van der Waals surface area contributed by atoms with Crippen LogP contribution in [-0.4, -0.2) is 83.9 Å². The second-order valence-electron chi connectivity index (χ2n) is 12.8. The number of nitrogens with zero attached hydrogens (tertiary/aromatic N) is 4. The van der Waals surface area contributed by atoms with Gasteiger partial charge in [0.1, 0.15) is 6.29 Å². The van der Waals surface area contributed by atoms with Gasteiger partial charge in [-0.05, 0) is 106 Å². The van der Waals surface area contributed by atoms with E-state index in [9.17, 15) is 4.79 Å². The molecule has 0 unspecified atom stereocenters. The highest BCUT2D eigenvalue weighted by Crippen LogP contribution is 2.28. The third-order valence-corrected chi connectivity index (χ3v) is 9.34. The van der Waals surface area contributed by atoms with E-state index < -0.39 is 0 Å². The molecular formula is C46H67N5O2. The number of carbonyl (C=O) groups excluding carboxylic acids is 1. The number of allylic oxidation sites excluding steroid dienone is 10. The lowest BCUT2D eigenvalue weighted by Crippen LogP contribution is -2.31. The van der Waals surface area contributed by atoms with Crippen LogP contribution in [0.25, 0.3) is 23.0 Å². The van der Waals surface area contributed by atoms with Gasteiger partial charge in [-0.3, -0.25) is 4.79 Å². The van der Waals surface area contributed by atoms with Crippen molar-refractivity contribution in [2.75, 3.05) is 52.9 Å². The lowest BCUT2D eigenvalue weighted by atomic mass is 9.91. The number of aromatic nitrogens is 2. The van der Waals surface area contributed by atoms with E-state index in [1.54, 1.807) is 0 Å². The first-order valence-electron chi connectivity index (χ1n) is 19.6. The summed E-state index contributed by atoms with van der Waals surface area (Å²) in [6.45, 7) is 26.0. The van der Waals surface area contributed by atoms with Crippen LogP contribution < -0.4 is 5.32 Å². The number of aliphatic hydroxyl groups excluding tert-OH is 1. The molecule has 7 heteroatoms. The Morgan fingerprint density at radius 3 is 2.38 bits per heavy atom. The van der Waals surface area contributed by atoms with E-state index in [2.05, 4.69) is 122 Å². The van der Waals surface area contributed by atoms with E-state index in [-0.39, 0.29) is 0 Å². The number of hydrogen-bond acceptors (Lipinski definition) is 6. The molecule has 0 aliphatic carbocycles. The van der Waals surface area contributed by atoms with Gasteiger partial charge in [-0.15, -0.1) is 0 Å². The third-order valence-electron chi connectivity index (χ3n) is 9.34. The Bertz CT molecular complexity index is 1630. The number of rotatable bonds is 15. The Kier molecular flexibility index (Phi) is 21.7. The molecule has 2 aliphatic heterocycles. The topological polar surface area (TPSA) is 73.6 Å². The van der Waals surface area contributed by atoms with Crippen molar-refractivity contribution in [1.29, 1.82) is 0 Å². The Balaban J connectivity index is 0.00000235. The van der Waals surface area contributed by atoms with Gasteiger partial charge in [-0.2, -0.15) is 5.10 Å². The van der Waals surface area contributed by atoms with Crippen molar-refractivity contribution in [2.45, 2.75) is 80.6 Å². The van der Waals surface area contributed by atoms with Crippen LogP contribution in [0.4, 0.5) is 0 Å². The number of benzene rings is 1. The van der Waals surface area contributed by atoms with Crippen LogP contribution in [0.1, 0.15) is 84.9 Å². The molecule has 1 fully saturated rings. The second kappa shape index (κ2) is 25.6. The fourth-order valence-electron chi connectivity index (χ4n) is 6.46. The highest BCUT2D eigenvalue weighted by molar-refractivity contribution is 5.86. The summed E-state index contributed by atoms with van der Waals surface area (Å²) >= 11 is 0. The molecule has 1 aromatic carbocycles. The van der Waals surface area contributed by atoms with Gasteiger partial charge in [0, 0.05) is 68.6 Å². The quantitative estimate of drug-likeness (QED) is 0.108. The van der Waals surface area contributed by atoms with E-state index in [1.165, 1.54) is 16.8 Å². The largest absolute Gasteiger partial charge is 0.400 e. The Labute approximate surface area is 321 Å². The van der Waals surface area contributed by atoms with Crippen LogP contribution in [-0.2, 0) is 4.79 Å². The van der Waals surface area contributed by atoms with Crippen LogP contribution in [0.15, 0.2) is 114 Å². The van der Waals surface area contributed by atoms with Gasteiger partial charge >= 0.3 is 0 Å². The molecule has 7 nitrogen and oxygen atoms in total. The maximum absolute atomic E-state index is 11.9. The fourth-order valence-corrected chi connectivity index (χ4v) is 6.46. The third kappa shape index (κ3) is 14.2. The van der Waals surface area contributed by atoms with Gasteiger partial charge in [0.25, 0.3) is 0 Å². The van der Waals surface area contributed by atoms with E-state index >= 15 is 0 Å². The number of aryl methyl sites for hydroxylation is 1. The maximum atomic E-state index is 11.9. The van der Waals surface area contributed by atoms with Crippen molar-refractivity contribution in [3.63, 3.8) is 0 Å². The minimum atomic E-state index is 0.698. The summed E-state index contributed by atoms with van der Waals surface area (Å²) in [6, 6.07) is 10.5. The standard InChI is InChI=1S/C43H57N5O.C2H6.CH4O/c1-7-11-14-36(13-8-2)21-27-46-25-12-26-47(30-29-46)41(10-4)22-28-48-35(6)32-43(45-48)40-17-15-38(16-18-40)34(5)31-42(37(9-3)33-49)39-19-23-44-24-20-39;2*1-2/h9-11,13-19,22,28,31-33,44H,5,7-8,12,20-21,23-27,29-30H2,1-4,6H3;1-2H3;2H,1H3/b14-11-,28-22-,36-13+,37-9-,41-10+,42-31+;;. The number of aldehydes is 1. The molecule has 4 rings (SSSR count). The first-order valence-corrected chi connectivity index (χ1v) is 19.6. The Morgan fingerprint density at radius 1 is 1.00 bits per heavy atom. The van der Waals surface area contributed by atoms with Gasteiger partial charge < -0.3 is 20.2 Å². The van der Waals surface area contributed by atoms with Gasteiger partial charge in [0.05, 0.1) is 5.69 Å². The predicted molar refractivity (Wildman–Crippen MR) is 229 cm³/mol. The summed E-state index contributed by atoms with van der Waals surface area (Å²) < 4.78 is 1.97. The average Bonchev–Trinajstić information content (AvgIpc) is 3.42. The molecule has 0 saturated carbocycles. The molecule has 288 valence electrons. The summed E-state index contributed by atoms with van der Waals surface area (Å²) in [4.78, 5) is 17.0. The van der Waals surface area contributed by atoms with Crippen LogP contribution >= 0.6 is 0 Å². The van der Waals surface area contributed by atoms with Crippen LogP contribution in [0.5, 0.6) is 0 Å². The zero-order valence-corrected chi connectivity index (χ0v) is 34.0. The Hall–Kier alpha value is -4.30. The van der Waals surface area contributed by atoms with Crippen molar-refractivity contribution in [1.82, 2.24) is 24.9 Å². The second-order valence-corrected chi connectivity index (χ2v) is 12.8. The van der Waals surface area contributed by atoms with Crippen molar-refractivity contribution in [2.24, 2.45) is 0 Å². The van der Waals surface area contributed by atoms with Crippen LogP contribution in [0.3, 0.4) is 0 Å². The van der Waals surface area contributed by atoms with Gasteiger partial charge in [-0.25, -0.2) is 4.68 Å². The normalized spacial score (nSPS) is 16.5. The van der Waals surface area contributed by atoms with Gasteiger partial charge in [-0.1, -0.05) is 101 Å². The molecule has 53 heavy (non-hydrogen) atoms. The maximum Gasteiger partial charge on any atom is 0.150 e. The molecule has 0 radical (unpaired) electrons. The van der Waals surface area contributed by atoms with Crippen LogP contribution in [0, 0.1) is 6.92 Å². The molecule has 0 spiro atoms. The smallest absolute Gasteiger partial charge is 0.150 e. The molecule has 3 heterocycles. The van der Waals surface area contributed by atoms with Crippen molar-refractivity contribution in [3.8, 4) is 11.3 Å². The number of nitrogens with one attached hydrogen (secondary N) is 1. The zero-order chi connectivity index (χ0) is 39.0. The van der Waals surface area contributed by atoms with Gasteiger partial charge in [0.2, 0.25) is 0 Å². The summed E-state index contributed by atoms with van der Waals surface area (Å²) in [5.41, 5.74) is 10.5. The Morgan fingerprint density at radius 2 is 1.75 bits per heavy atom. The lowest BCUT2D eigenvalue weighted by molar-refractivity contribution is -0.104. The van der Waals surface area contributed by atoms with Gasteiger partial charge in [0.15, 0.2) is 0 Å². The number of hydrogen-bond donors (Lipinski definition) is 2. The number of carbonyl (C=O) groups is 1. The lowest BCUT2D eigenvalue weighted by Gasteiger charge is -2.24.